The van der Waals surface area contributed by atoms with Crippen LogP contribution in [-0.4, -0.2) is 44.4 Å². The lowest BCUT2D eigenvalue weighted by molar-refractivity contribution is 0.0282. The molecule has 0 bridgehead atoms. The maximum atomic E-state index is 13.1. The van der Waals surface area contributed by atoms with Gasteiger partial charge in [0.2, 0.25) is 10.0 Å². The molecule has 9 heteroatoms. The van der Waals surface area contributed by atoms with E-state index >= 15 is 0 Å². The molecule has 0 aromatic heterocycles. The number of carbonyl (C=O) groups is 1. The number of halogens is 1. The number of aliphatic hydroxyl groups excluding tert-OH is 1. The number of anilines is 1. The van der Waals surface area contributed by atoms with Gasteiger partial charge in [-0.05, 0) is 111 Å². The third-order valence-electron chi connectivity index (χ3n) is 8.75. The molecule has 0 spiro atoms. The number of hydrogen-bond donors (Lipinski definition) is 2. The van der Waals surface area contributed by atoms with Gasteiger partial charge in [-0.3, -0.25) is 4.79 Å². The summed E-state index contributed by atoms with van der Waals surface area (Å²) in [5, 5.41) is 11.0. The molecule has 7 nitrogen and oxygen atoms in total. The van der Waals surface area contributed by atoms with Crippen molar-refractivity contribution in [3.8, 4) is 5.75 Å². The molecular formula is C30H39ClN2O5S. The molecule has 5 atom stereocenters. The number of nitrogens with one attached hydrogen (secondary N) is 1. The van der Waals surface area contributed by atoms with E-state index in [9.17, 15) is 18.3 Å². The molecule has 0 unspecified atom stereocenters. The van der Waals surface area contributed by atoms with E-state index in [0.717, 1.165) is 62.9 Å². The highest BCUT2D eigenvalue weighted by atomic mass is 35.5. The zero-order chi connectivity index (χ0) is 27.7. The first-order valence-corrected chi connectivity index (χ1v) is 16.1. The standard InChI is InChI=1S/C30H39ClN2O5S/c1-19-13-25(19)18-39(36,37)32-30(35)22-8-11-29-28(15-22)33(16-23-7-10-27(23)20(2)34)12-4-3-5-21-14-26(31)9-6-24(21)17-38-29/h6,8-9,11,14-15,19-20,23,25,27,34H,3-5,7,10,12-13,16-18H2,1-2H3,(H,32,35)/t19-,20-,23-,25-,27-/m0/s1. The van der Waals surface area contributed by atoms with Crippen LogP contribution in [0.4, 0.5) is 5.69 Å². The summed E-state index contributed by atoms with van der Waals surface area (Å²) in [6, 6.07) is 11.0. The summed E-state index contributed by atoms with van der Waals surface area (Å²) in [5.41, 5.74) is 3.33. The van der Waals surface area contributed by atoms with Crippen LogP contribution < -0.4 is 14.4 Å². The van der Waals surface area contributed by atoms with Gasteiger partial charge in [-0.25, -0.2) is 13.1 Å². The van der Waals surface area contributed by atoms with Crippen LogP contribution in [0.2, 0.25) is 5.02 Å². The number of aryl methyl sites for hydroxylation is 1. The number of benzene rings is 2. The number of fused-ring (bicyclic) bond motifs is 2. The maximum Gasteiger partial charge on any atom is 0.264 e. The van der Waals surface area contributed by atoms with E-state index in [1.54, 1.807) is 18.2 Å². The molecule has 2 aliphatic carbocycles. The summed E-state index contributed by atoms with van der Waals surface area (Å²) >= 11 is 6.28. The van der Waals surface area contributed by atoms with Crippen LogP contribution in [0.3, 0.4) is 0 Å². The van der Waals surface area contributed by atoms with Crippen molar-refractivity contribution in [3.05, 3.63) is 58.1 Å². The van der Waals surface area contributed by atoms with E-state index < -0.39 is 15.9 Å². The van der Waals surface area contributed by atoms with E-state index in [4.69, 9.17) is 16.3 Å². The molecule has 1 heterocycles. The Bertz CT molecular complexity index is 1310. The lowest BCUT2D eigenvalue weighted by Gasteiger charge is -2.42. The normalized spacial score (nSPS) is 25.7. The van der Waals surface area contributed by atoms with Gasteiger partial charge < -0.3 is 14.7 Å². The molecule has 2 fully saturated rings. The number of amides is 1. The summed E-state index contributed by atoms with van der Waals surface area (Å²) in [4.78, 5) is 15.4. The number of ether oxygens (including phenoxy) is 1. The number of nitrogens with zero attached hydrogens (tertiary/aromatic N) is 1. The minimum Gasteiger partial charge on any atom is -0.487 e. The Morgan fingerprint density at radius 3 is 2.64 bits per heavy atom. The predicted octanol–water partition coefficient (Wildman–Crippen LogP) is 5.18. The van der Waals surface area contributed by atoms with Crippen molar-refractivity contribution >= 4 is 33.2 Å². The molecule has 3 aliphatic rings. The summed E-state index contributed by atoms with van der Waals surface area (Å²) in [6.07, 6.45) is 5.38. The molecular weight excluding hydrogens is 536 g/mol. The fraction of sp³-hybridized carbons (Fsp3) is 0.567. The van der Waals surface area contributed by atoms with Crippen molar-refractivity contribution < 1.29 is 23.1 Å². The van der Waals surface area contributed by atoms with E-state index in [-0.39, 0.29) is 29.3 Å². The Labute approximate surface area is 236 Å². The molecule has 0 radical (unpaired) electrons. The predicted molar refractivity (Wildman–Crippen MR) is 154 cm³/mol. The van der Waals surface area contributed by atoms with Crippen LogP contribution in [0.25, 0.3) is 0 Å². The van der Waals surface area contributed by atoms with Crippen molar-refractivity contribution in [3.63, 3.8) is 0 Å². The second-order valence-electron chi connectivity index (χ2n) is 11.7. The Balaban J connectivity index is 1.43. The van der Waals surface area contributed by atoms with Gasteiger partial charge in [0.1, 0.15) is 12.4 Å². The summed E-state index contributed by atoms with van der Waals surface area (Å²) in [7, 11) is -3.71. The highest BCUT2D eigenvalue weighted by Crippen LogP contribution is 2.41. The van der Waals surface area contributed by atoms with Gasteiger partial charge in [-0.2, -0.15) is 0 Å². The van der Waals surface area contributed by atoms with Crippen LogP contribution in [0.5, 0.6) is 5.75 Å². The molecule has 1 aliphatic heterocycles. The average molecular weight is 575 g/mol. The van der Waals surface area contributed by atoms with Crippen molar-refractivity contribution in [1.29, 1.82) is 0 Å². The first-order valence-electron chi connectivity index (χ1n) is 14.1. The van der Waals surface area contributed by atoms with Crippen molar-refractivity contribution in [2.75, 3.05) is 23.7 Å². The van der Waals surface area contributed by atoms with Crippen LogP contribution in [0, 0.1) is 23.7 Å². The van der Waals surface area contributed by atoms with Crippen LogP contribution >= 0.6 is 11.6 Å². The van der Waals surface area contributed by atoms with E-state index in [0.29, 0.717) is 29.2 Å². The summed E-state index contributed by atoms with van der Waals surface area (Å²) in [6.45, 7) is 5.75. The zero-order valence-electron chi connectivity index (χ0n) is 22.7. The van der Waals surface area contributed by atoms with Crippen LogP contribution in [0.1, 0.15) is 67.4 Å². The van der Waals surface area contributed by atoms with Gasteiger partial charge in [0.25, 0.3) is 5.91 Å². The van der Waals surface area contributed by atoms with Gasteiger partial charge >= 0.3 is 0 Å². The molecule has 2 aromatic rings. The third-order valence-corrected chi connectivity index (χ3v) is 10.3. The molecule has 212 valence electrons. The molecule has 2 N–H and O–H groups in total. The zero-order valence-corrected chi connectivity index (χ0v) is 24.3. The summed E-state index contributed by atoms with van der Waals surface area (Å²) < 4.78 is 33.9. The first kappa shape index (κ1) is 28.2. The van der Waals surface area contributed by atoms with Crippen molar-refractivity contribution in [2.45, 2.75) is 65.1 Å². The number of hydrogen-bond acceptors (Lipinski definition) is 6. The van der Waals surface area contributed by atoms with E-state index in [2.05, 4.69) is 9.62 Å². The van der Waals surface area contributed by atoms with Crippen molar-refractivity contribution in [2.24, 2.45) is 23.7 Å². The molecule has 0 saturated heterocycles. The Morgan fingerprint density at radius 1 is 1.15 bits per heavy atom. The van der Waals surface area contributed by atoms with E-state index in [1.165, 1.54) is 5.56 Å². The monoisotopic (exact) mass is 574 g/mol. The lowest BCUT2D eigenvalue weighted by atomic mass is 9.70. The van der Waals surface area contributed by atoms with Crippen LogP contribution in [0.15, 0.2) is 36.4 Å². The lowest BCUT2D eigenvalue weighted by Crippen LogP contribution is -2.43. The SMILES string of the molecule is C[C@H](O)[C@@H]1CC[C@H]1CN1CCCCc2cc(Cl)ccc2COc2ccc(C(=O)NS(=O)(=O)C[C@@H]3C[C@@H]3C)cc21. The quantitative estimate of drug-likeness (QED) is 0.473. The molecule has 2 aromatic carbocycles. The van der Waals surface area contributed by atoms with Crippen LogP contribution in [-0.2, 0) is 23.1 Å². The fourth-order valence-electron chi connectivity index (χ4n) is 5.97. The van der Waals surface area contributed by atoms with Gasteiger partial charge in [-0.15, -0.1) is 0 Å². The maximum absolute atomic E-state index is 13.1. The van der Waals surface area contributed by atoms with Gasteiger partial charge in [-0.1, -0.05) is 24.6 Å². The highest BCUT2D eigenvalue weighted by Gasteiger charge is 2.38. The second kappa shape index (κ2) is 11.7. The molecule has 1 amide bonds. The Morgan fingerprint density at radius 2 is 1.95 bits per heavy atom. The fourth-order valence-corrected chi connectivity index (χ4v) is 7.68. The number of aliphatic hydroxyl groups is 1. The average Bonchev–Trinajstić information content (AvgIpc) is 3.54. The third kappa shape index (κ3) is 6.90. The Kier molecular flexibility index (Phi) is 8.45. The smallest absolute Gasteiger partial charge is 0.264 e. The highest BCUT2D eigenvalue weighted by molar-refractivity contribution is 7.90. The van der Waals surface area contributed by atoms with E-state index in [1.807, 2.05) is 32.0 Å². The first-order chi connectivity index (χ1) is 18.6. The Hall–Kier alpha value is -2.29. The summed E-state index contributed by atoms with van der Waals surface area (Å²) in [5.74, 6) is 1.11. The minimum atomic E-state index is -3.71. The van der Waals surface area contributed by atoms with Gasteiger partial charge in [0, 0.05) is 23.7 Å². The largest absolute Gasteiger partial charge is 0.487 e. The van der Waals surface area contributed by atoms with Gasteiger partial charge in [0.05, 0.1) is 17.5 Å². The number of sulfonamides is 1. The topological polar surface area (TPSA) is 95.9 Å². The number of carbonyl (C=O) groups excluding carboxylic acids is 1. The number of rotatable bonds is 7. The molecule has 39 heavy (non-hydrogen) atoms. The van der Waals surface area contributed by atoms with Gasteiger partial charge in [0.15, 0.2) is 0 Å². The molecule has 2 saturated carbocycles. The second-order valence-corrected chi connectivity index (χ2v) is 13.9. The molecule has 5 rings (SSSR count). The minimum absolute atomic E-state index is 0.0219. The van der Waals surface area contributed by atoms with Crippen molar-refractivity contribution in [1.82, 2.24) is 4.72 Å².